The maximum atomic E-state index is 12.1. The number of fused-ring (bicyclic) bond motifs is 1. The Bertz CT molecular complexity index is 661. The van der Waals surface area contributed by atoms with Crippen molar-refractivity contribution >= 4 is 22.8 Å². The molecule has 0 aliphatic carbocycles. The van der Waals surface area contributed by atoms with Gasteiger partial charge in [-0.1, -0.05) is 6.92 Å². The molecule has 0 aliphatic rings. The van der Waals surface area contributed by atoms with Gasteiger partial charge in [-0.2, -0.15) is 0 Å². The summed E-state index contributed by atoms with van der Waals surface area (Å²) in [5.41, 5.74) is 1.78. The van der Waals surface area contributed by atoms with Crippen molar-refractivity contribution in [1.82, 2.24) is 10.3 Å². The number of H-pyrrole nitrogens is 1. The third-order valence-electron chi connectivity index (χ3n) is 3.37. The van der Waals surface area contributed by atoms with Gasteiger partial charge in [-0.3, -0.25) is 4.79 Å². The van der Waals surface area contributed by atoms with Gasteiger partial charge in [-0.25, -0.2) is 4.79 Å². The molecule has 0 saturated heterocycles. The van der Waals surface area contributed by atoms with Gasteiger partial charge < -0.3 is 15.0 Å². The molecule has 2 rings (SSSR count). The zero-order valence-corrected chi connectivity index (χ0v) is 12.5. The molecule has 1 unspecified atom stereocenters. The molecule has 1 amide bonds. The van der Waals surface area contributed by atoms with Crippen molar-refractivity contribution in [2.24, 2.45) is 0 Å². The minimum Gasteiger partial charge on any atom is -0.461 e. The third kappa shape index (κ3) is 3.42. The number of carbonyl (C=O) groups is 2. The van der Waals surface area contributed by atoms with E-state index in [0.717, 1.165) is 17.3 Å². The van der Waals surface area contributed by atoms with Crippen LogP contribution >= 0.6 is 0 Å². The summed E-state index contributed by atoms with van der Waals surface area (Å²) in [6.45, 7) is 6.08. The average Bonchev–Trinajstić information content (AvgIpc) is 2.90. The number of benzene rings is 1. The SMILES string of the molecule is CCOC(=O)c1cc2cc(C(=O)NC(C)CC)ccc2[nH]1. The molecule has 1 aromatic heterocycles. The second-order valence-electron chi connectivity index (χ2n) is 4.99. The maximum absolute atomic E-state index is 12.1. The van der Waals surface area contributed by atoms with Crippen molar-refractivity contribution in [2.75, 3.05) is 6.61 Å². The number of carbonyl (C=O) groups excluding carboxylic acids is 2. The quantitative estimate of drug-likeness (QED) is 0.831. The maximum Gasteiger partial charge on any atom is 0.354 e. The van der Waals surface area contributed by atoms with Gasteiger partial charge in [0.15, 0.2) is 0 Å². The number of amides is 1. The predicted octanol–water partition coefficient (Wildman–Crippen LogP) is 2.87. The average molecular weight is 288 g/mol. The minimum atomic E-state index is -0.390. The van der Waals surface area contributed by atoms with Crippen molar-refractivity contribution in [1.29, 1.82) is 0 Å². The van der Waals surface area contributed by atoms with Crippen LogP contribution in [0, 0.1) is 0 Å². The van der Waals surface area contributed by atoms with Gasteiger partial charge in [0.1, 0.15) is 5.69 Å². The summed E-state index contributed by atoms with van der Waals surface area (Å²) in [5.74, 6) is -0.496. The molecular formula is C16H20N2O3. The summed E-state index contributed by atoms with van der Waals surface area (Å²) in [7, 11) is 0. The van der Waals surface area contributed by atoms with E-state index < -0.39 is 0 Å². The van der Waals surface area contributed by atoms with E-state index in [0.29, 0.717) is 17.9 Å². The predicted molar refractivity (Wildman–Crippen MR) is 81.5 cm³/mol. The Morgan fingerprint density at radius 1 is 1.29 bits per heavy atom. The van der Waals surface area contributed by atoms with Crippen molar-refractivity contribution in [3.63, 3.8) is 0 Å². The zero-order valence-electron chi connectivity index (χ0n) is 12.5. The molecule has 5 nitrogen and oxygen atoms in total. The minimum absolute atomic E-state index is 0.106. The molecule has 0 bridgehead atoms. The van der Waals surface area contributed by atoms with Gasteiger partial charge in [0, 0.05) is 22.5 Å². The summed E-state index contributed by atoms with van der Waals surface area (Å²) in [6, 6.07) is 7.14. The Morgan fingerprint density at radius 2 is 2.05 bits per heavy atom. The number of hydrogen-bond donors (Lipinski definition) is 2. The highest BCUT2D eigenvalue weighted by Gasteiger charge is 2.13. The number of rotatable bonds is 5. The Hall–Kier alpha value is -2.30. The number of aromatic amines is 1. The summed E-state index contributed by atoms with van der Waals surface area (Å²) in [6.07, 6.45) is 0.880. The molecule has 0 fully saturated rings. The standard InChI is InChI=1S/C16H20N2O3/c1-4-10(3)17-15(19)11-6-7-13-12(8-11)9-14(18-13)16(20)21-5-2/h6-10,18H,4-5H2,1-3H3,(H,17,19). The van der Waals surface area contributed by atoms with Crippen LogP contribution in [0.2, 0.25) is 0 Å². The van der Waals surface area contributed by atoms with E-state index in [9.17, 15) is 9.59 Å². The molecule has 5 heteroatoms. The lowest BCUT2D eigenvalue weighted by Gasteiger charge is -2.11. The van der Waals surface area contributed by atoms with Gasteiger partial charge in [-0.05, 0) is 44.5 Å². The molecule has 1 aromatic carbocycles. The van der Waals surface area contributed by atoms with Gasteiger partial charge >= 0.3 is 5.97 Å². The van der Waals surface area contributed by atoms with Crippen LogP contribution < -0.4 is 5.32 Å². The third-order valence-corrected chi connectivity index (χ3v) is 3.37. The van der Waals surface area contributed by atoms with Gasteiger partial charge in [0.05, 0.1) is 6.61 Å². The molecule has 0 spiro atoms. The van der Waals surface area contributed by atoms with E-state index in [4.69, 9.17) is 4.74 Å². The van der Waals surface area contributed by atoms with E-state index in [1.807, 2.05) is 13.8 Å². The molecule has 0 saturated carbocycles. The fraction of sp³-hybridized carbons (Fsp3) is 0.375. The van der Waals surface area contributed by atoms with E-state index in [1.54, 1.807) is 31.2 Å². The van der Waals surface area contributed by atoms with Crippen molar-refractivity contribution in [3.8, 4) is 0 Å². The topological polar surface area (TPSA) is 71.2 Å². The normalized spacial score (nSPS) is 12.1. The Labute approximate surface area is 123 Å². The number of hydrogen-bond acceptors (Lipinski definition) is 3. The fourth-order valence-corrected chi connectivity index (χ4v) is 2.00. The monoisotopic (exact) mass is 288 g/mol. The van der Waals surface area contributed by atoms with Crippen molar-refractivity contribution in [3.05, 3.63) is 35.5 Å². The molecule has 1 atom stereocenters. The van der Waals surface area contributed by atoms with E-state index in [1.165, 1.54) is 0 Å². The Morgan fingerprint density at radius 3 is 2.71 bits per heavy atom. The Balaban J connectivity index is 2.25. The van der Waals surface area contributed by atoms with Gasteiger partial charge in [0.2, 0.25) is 0 Å². The van der Waals surface area contributed by atoms with Crippen LogP contribution in [0.4, 0.5) is 0 Å². The van der Waals surface area contributed by atoms with Crippen LogP contribution in [0.5, 0.6) is 0 Å². The first kappa shape index (κ1) is 15.1. The van der Waals surface area contributed by atoms with E-state index >= 15 is 0 Å². The highest BCUT2D eigenvalue weighted by molar-refractivity contribution is 6.00. The van der Waals surface area contributed by atoms with Gasteiger partial charge in [-0.15, -0.1) is 0 Å². The first-order chi connectivity index (χ1) is 10.0. The first-order valence-corrected chi connectivity index (χ1v) is 7.15. The number of esters is 1. The highest BCUT2D eigenvalue weighted by Crippen LogP contribution is 2.18. The van der Waals surface area contributed by atoms with E-state index in [-0.39, 0.29) is 17.9 Å². The van der Waals surface area contributed by atoms with Crippen LogP contribution in [-0.4, -0.2) is 29.5 Å². The molecule has 1 heterocycles. The number of ether oxygens (including phenoxy) is 1. The van der Waals surface area contributed by atoms with E-state index in [2.05, 4.69) is 10.3 Å². The van der Waals surface area contributed by atoms with Gasteiger partial charge in [0.25, 0.3) is 5.91 Å². The molecule has 2 aromatic rings. The lowest BCUT2D eigenvalue weighted by Crippen LogP contribution is -2.31. The fourth-order valence-electron chi connectivity index (χ4n) is 2.00. The highest BCUT2D eigenvalue weighted by atomic mass is 16.5. The molecule has 0 radical (unpaired) electrons. The lowest BCUT2D eigenvalue weighted by atomic mass is 10.1. The zero-order chi connectivity index (χ0) is 15.4. The number of nitrogens with one attached hydrogen (secondary N) is 2. The molecule has 112 valence electrons. The Kier molecular flexibility index (Phi) is 4.62. The largest absolute Gasteiger partial charge is 0.461 e. The van der Waals surface area contributed by atoms with Crippen molar-refractivity contribution < 1.29 is 14.3 Å². The number of aromatic nitrogens is 1. The molecular weight excluding hydrogens is 268 g/mol. The van der Waals surface area contributed by atoms with Crippen LogP contribution in [0.3, 0.4) is 0 Å². The van der Waals surface area contributed by atoms with Crippen molar-refractivity contribution in [2.45, 2.75) is 33.2 Å². The van der Waals surface area contributed by atoms with Crippen LogP contribution in [0.15, 0.2) is 24.3 Å². The summed E-state index contributed by atoms with van der Waals surface area (Å²) in [5, 5.41) is 3.73. The molecule has 21 heavy (non-hydrogen) atoms. The van der Waals surface area contributed by atoms with Crippen LogP contribution in [0.1, 0.15) is 48.0 Å². The molecule has 0 aliphatic heterocycles. The summed E-state index contributed by atoms with van der Waals surface area (Å²) < 4.78 is 4.95. The lowest BCUT2D eigenvalue weighted by molar-refractivity contribution is 0.0520. The summed E-state index contributed by atoms with van der Waals surface area (Å²) >= 11 is 0. The second-order valence-corrected chi connectivity index (χ2v) is 4.99. The van der Waals surface area contributed by atoms with Crippen LogP contribution in [0.25, 0.3) is 10.9 Å². The first-order valence-electron chi connectivity index (χ1n) is 7.15. The summed E-state index contributed by atoms with van der Waals surface area (Å²) in [4.78, 5) is 26.8. The molecule has 2 N–H and O–H groups in total. The smallest absolute Gasteiger partial charge is 0.354 e. The second kappa shape index (κ2) is 6.43. The van der Waals surface area contributed by atoms with Crippen LogP contribution in [-0.2, 0) is 4.74 Å².